The van der Waals surface area contributed by atoms with Crippen LogP contribution in [0.5, 0.6) is 0 Å². The van der Waals surface area contributed by atoms with Gasteiger partial charge >= 0.3 is 0 Å². The van der Waals surface area contributed by atoms with Crippen LogP contribution >= 0.6 is 12.2 Å². The molecule has 2 rings (SSSR count). The van der Waals surface area contributed by atoms with Crippen molar-refractivity contribution in [3.63, 3.8) is 0 Å². The molecule has 4 nitrogen and oxygen atoms in total. The van der Waals surface area contributed by atoms with Gasteiger partial charge in [-0.15, -0.1) is 0 Å². The molecule has 0 radical (unpaired) electrons. The molecule has 0 bridgehead atoms. The molecule has 1 heterocycles. The molecule has 5 heteroatoms. The minimum atomic E-state index is -0.144. The number of thiocarbonyl (C=S) groups is 1. The highest BCUT2D eigenvalue weighted by atomic mass is 32.1. The van der Waals surface area contributed by atoms with E-state index in [1.807, 2.05) is 19.9 Å². The second-order valence-electron chi connectivity index (χ2n) is 5.29. The molecule has 1 aliphatic rings. The van der Waals surface area contributed by atoms with E-state index in [0.717, 1.165) is 48.3 Å². The second-order valence-corrected chi connectivity index (χ2v) is 5.73. The van der Waals surface area contributed by atoms with Crippen LogP contribution in [-0.2, 0) is 0 Å². The summed E-state index contributed by atoms with van der Waals surface area (Å²) in [6.45, 7) is 3.89. The van der Waals surface area contributed by atoms with Gasteiger partial charge in [0.1, 0.15) is 4.99 Å². The van der Waals surface area contributed by atoms with Crippen LogP contribution in [0.1, 0.15) is 42.6 Å². The third-order valence-electron chi connectivity index (χ3n) is 3.63. The van der Waals surface area contributed by atoms with Crippen molar-refractivity contribution in [2.45, 2.75) is 51.7 Å². The molecule has 0 atom stereocenters. The topological polar surface area (TPSA) is 71.2 Å². The van der Waals surface area contributed by atoms with Crippen molar-refractivity contribution >= 4 is 22.9 Å². The van der Waals surface area contributed by atoms with Gasteiger partial charge in [0.2, 0.25) is 0 Å². The van der Waals surface area contributed by atoms with E-state index in [4.69, 9.17) is 18.0 Å². The van der Waals surface area contributed by atoms with Crippen LogP contribution in [0, 0.1) is 13.8 Å². The van der Waals surface area contributed by atoms with Crippen molar-refractivity contribution in [2.24, 2.45) is 5.73 Å². The molecule has 1 fully saturated rings. The molecule has 1 aliphatic carbocycles. The molecular weight excluding hydrogens is 258 g/mol. The van der Waals surface area contributed by atoms with E-state index in [1.54, 1.807) is 0 Å². The highest BCUT2D eigenvalue weighted by Crippen LogP contribution is 2.26. The highest BCUT2D eigenvalue weighted by molar-refractivity contribution is 7.80. The Hall–Kier alpha value is -1.20. The average Bonchev–Trinajstić information content (AvgIpc) is 2.30. The lowest BCUT2D eigenvalue weighted by Gasteiger charge is -2.28. The highest BCUT2D eigenvalue weighted by Gasteiger charge is 2.21. The van der Waals surface area contributed by atoms with Crippen LogP contribution in [0.3, 0.4) is 0 Å². The van der Waals surface area contributed by atoms with Crippen LogP contribution in [0.15, 0.2) is 6.07 Å². The quantitative estimate of drug-likeness (QED) is 0.739. The summed E-state index contributed by atoms with van der Waals surface area (Å²) in [5.74, 6) is 0. The van der Waals surface area contributed by atoms with Gasteiger partial charge < -0.3 is 16.2 Å². The summed E-state index contributed by atoms with van der Waals surface area (Å²) in [6, 6.07) is 2.37. The number of nitrogens with two attached hydrogens (primary N) is 1. The van der Waals surface area contributed by atoms with Gasteiger partial charge in [-0.1, -0.05) is 12.2 Å². The summed E-state index contributed by atoms with van der Waals surface area (Å²) in [5.41, 5.74) is 9.44. The van der Waals surface area contributed by atoms with Gasteiger partial charge in [0.15, 0.2) is 0 Å². The van der Waals surface area contributed by atoms with E-state index in [0.29, 0.717) is 11.0 Å². The number of anilines is 1. The molecule has 1 aromatic heterocycles. The molecule has 0 spiro atoms. The lowest BCUT2D eigenvalue weighted by Crippen LogP contribution is -2.29. The molecule has 0 unspecified atom stereocenters. The van der Waals surface area contributed by atoms with Crippen LogP contribution < -0.4 is 11.1 Å². The predicted octanol–water partition coefficient (Wildman–Crippen LogP) is 2.05. The Morgan fingerprint density at radius 1 is 1.37 bits per heavy atom. The number of aromatic nitrogens is 1. The third kappa shape index (κ3) is 3.42. The maximum absolute atomic E-state index is 9.55. The Balaban J connectivity index is 2.21. The molecule has 0 aliphatic heterocycles. The minimum absolute atomic E-state index is 0.144. The first kappa shape index (κ1) is 14.2. The molecule has 104 valence electrons. The van der Waals surface area contributed by atoms with Gasteiger partial charge in [0.05, 0.1) is 11.7 Å². The van der Waals surface area contributed by atoms with Crippen molar-refractivity contribution in [1.29, 1.82) is 0 Å². The lowest BCUT2D eigenvalue weighted by molar-refractivity contribution is 0.126. The first-order valence-electron chi connectivity index (χ1n) is 6.70. The average molecular weight is 279 g/mol. The number of nitrogens with one attached hydrogen (secondary N) is 1. The van der Waals surface area contributed by atoms with Crippen molar-refractivity contribution in [2.75, 3.05) is 5.32 Å². The zero-order valence-corrected chi connectivity index (χ0v) is 12.3. The van der Waals surface area contributed by atoms with E-state index in [-0.39, 0.29) is 6.10 Å². The molecular formula is C14H21N3OS. The van der Waals surface area contributed by atoms with E-state index < -0.39 is 0 Å². The lowest BCUT2D eigenvalue weighted by atomic mass is 9.92. The zero-order chi connectivity index (χ0) is 14.0. The van der Waals surface area contributed by atoms with Crippen LogP contribution in [-0.4, -0.2) is 27.2 Å². The molecule has 4 N–H and O–H groups in total. The Labute approximate surface area is 119 Å². The smallest absolute Gasteiger partial charge is 0.107 e. The monoisotopic (exact) mass is 279 g/mol. The molecule has 0 amide bonds. The number of aliphatic hydroxyl groups excluding tert-OH is 1. The zero-order valence-electron chi connectivity index (χ0n) is 11.4. The third-order valence-corrected chi connectivity index (χ3v) is 3.84. The number of rotatable bonds is 3. The fourth-order valence-corrected chi connectivity index (χ4v) is 2.95. The van der Waals surface area contributed by atoms with Gasteiger partial charge in [-0.3, -0.25) is 4.98 Å². The Kier molecular flexibility index (Phi) is 4.37. The SMILES string of the molecule is Cc1cc(NC2CCC(O)CC2)c(C(N)=S)c(C)n1. The summed E-state index contributed by atoms with van der Waals surface area (Å²) in [7, 11) is 0. The van der Waals surface area contributed by atoms with Crippen molar-refractivity contribution in [3.05, 3.63) is 23.0 Å². The fourth-order valence-electron chi connectivity index (χ4n) is 2.69. The first-order valence-corrected chi connectivity index (χ1v) is 7.11. The second kappa shape index (κ2) is 5.84. The van der Waals surface area contributed by atoms with E-state index in [1.165, 1.54) is 0 Å². The van der Waals surface area contributed by atoms with Gasteiger partial charge in [-0.2, -0.15) is 0 Å². The van der Waals surface area contributed by atoms with E-state index >= 15 is 0 Å². The Morgan fingerprint density at radius 2 is 2.00 bits per heavy atom. The number of hydrogen-bond acceptors (Lipinski definition) is 4. The molecule has 1 saturated carbocycles. The molecule has 0 saturated heterocycles. The van der Waals surface area contributed by atoms with Crippen LogP contribution in [0.4, 0.5) is 5.69 Å². The van der Waals surface area contributed by atoms with Gasteiger partial charge in [0.25, 0.3) is 0 Å². The summed E-state index contributed by atoms with van der Waals surface area (Å²) >= 11 is 5.12. The van der Waals surface area contributed by atoms with Crippen LogP contribution in [0.25, 0.3) is 0 Å². The summed E-state index contributed by atoms with van der Waals surface area (Å²) in [4.78, 5) is 4.79. The first-order chi connectivity index (χ1) is 8.97. The number of hydrogen-bond donors (Lipinski definition) is 3. The largest absolute Gasteiger partial charge is 0.393 e. The van der Waals surface area contributed by atoms with Crippen LogP contribution in [0.2, 0.25) is 0 Å². The van der Waals surface area contributed by atoms with E-state index in [9.17, 15) is 5.11 Å². The number of pyridine rings is 1. The van der Waals surface area contributed by atoms with E-state index in [2.05, 4.69) is 10.3 Å². The van der Waals surface area contributed by atoms with Gasteiger partial charge in [-0.25, -0.2) is 0 Å². The number of aryl methyl sites for hydroxylation is 2. The molecule has 1 aromatic rings. The summed E-state index contributed by atoms with van der Waals surface area (Å²) in [5, 5.41) is 13.1. The maximum Gasteiger partial charge on any atom is 0.107 e. The molecule has 19 heavy (non-hydrogen) atoms. The Morgan fingerprint density at radius 3 is 2.58 bits per heavy atom. The number of aliphatic hydroxyl groups is 1. The Bertz CT molecular complexity index is 482. The molecule has 0 aromatic carbocycles. The normalized spacial score (nSPS) is 23.1. The predicted molar refractivity (Wildman–Crippen MR) is 81.5 cm³/mol. The number of nitrogens with zero attached hydrogens (tertiary/aromatic N) is 1. The van der Waals surface area contributed by atoms with Gasteiger partial charge in [0, 0.05) is 23.1 Å². The fraction of sp³-hybridized carbons (Fsp3) is 0.571. The minimum Gasteiger partial charge on any atom is -0.393 e. The summed E-state index contributed by atoms with van der Waals surface area (Å²) in [6.07, 6.45) is 3.50. The maximum atomic E-state index is 9.55. The van der Waals surface area contributed by atoms with Crippen molar-refractivity contribution in [1.82, 2.24) is 4.98 Å². The van der Waals surface area contributed by atoms with Crippen molar-refractivity contribution in [3.8, 4) is 0 Å². The standard InChI is InChI=1S/C14H21N3OS/c1-8-7-12(13(14(15)19)9(2)16-8)17-10-3-5-11(18)6-4-10/h7,10-11,18H,3-6H2,1-2H3,(H2,15,19)(H,16,17). The van der Waals surface area contributed by atoms with Crippen molar-refractivity contribution < 1.29 is 5.11 Å². The summed E-state index contributed by atoms with van der Waals surface area (Å²) < 4.78 is 0. The van der Waals surface area contributed by atoms with Gasteiger partial charge in [-0.05, 0) is 45.6 Å².